The average Bonchev–Trinajstić information content (AvgIpc) is 3.16. The number of nitrogens with one attached hydrogen (secondary N) is 1. The molecule has 4 rings (SSSR count). The molecular formula is C21H22N6. The maximum Gasteiger partial charge on any atom is 0.140 e. The summed E-state index contributed by atoms with van der Waals surface area (Å²) in [5, 5.41) is 8.41. The summed E-state index contributed by atoms with van der Waals surface area (Å²) in [6, 6.07) is 18.3. The van der Waals surface area contributed by atoms with E-state index in [4.69, 9.17) is 10.7 Å². The number of rotatable bonds is 6. The Kier molecular flexibility index (Phi) is 4.80. The van der Waals surface area contributed by atoms with E-state index in [9.17, 15) is 0 Å². The van der Waals surface area contributed by atoms with Gasteiger partial charge in [-0.15, -0.1) is 0 Å². The highest BCUT2D eigenvalue weighted by Crippen LogP contribution is 2.27. The molecule has 4 aromatic rings. The number of fused-ring (bicyclic) bond motifs is 1. The molecule has 0 saturated carbocycles. The van der Waals surface area contributed by atoms with Crippen molar-refractivity contribution in [3.8, 4) is 11.3 Å². The monoisotopic (exact) mass is 358 g/mol. The number of hydrogen-bond donors (Lipinski definition) is 2. The van der Waals surface area contributed by atoms with E-state index in [-0.39, 0.29) is 0 Å². The summed E-state index contributed by atoms with van der Waals surface area (Å²) in [6.45, 7) is 1.21. The van der Waals surface area contributed by atoms with E-state index in [1.165, 1.54) is 0 Å². The van der Waals surface area contributed by atoms with Crippen LogP contribution in [0.3, 0.4) is 0 Å². The molecule has 0 bridgehead atoms. The molecule has 6 heteroatoms. The minimum Gasteiger partial charge on any atom is -0.355 e. The van der Waals surface area contributed by atoms with E-state index in [0.717, 1.165) is 39.4 Å². The van der Waals surface area contributed by atoms with Crippen molar-refractivity contribution in [2.75, 3.05) is 18.5 Å². The van der Waals surface area contributed by atoms with Crippen molar-refractivity contribution in [3.63, 3.8) is 0 Å². The number of benzene rings is 2. The fraction of sp³-hybridized carbons (Fsp3) is 0.190. The van der Waals surface area contributed by atoms with E-state index < -0.39 is 0 Å². The molecule has 27 heavy (non-hydrogen) atoms. The van der Waals surface area contributed by atoms with Crippen LogP contribution in [0.2, 0.25) is 0 Å². The van der Waals surface area contributed by atoms with E-state index in [1.54, 1.807) is 0 Å². The molecule has 0 spiro atoms. The SMILES string of the molecule is CN(Cc1cn[nH]c1-c1ccccc1)c1nc(CCN)nc2ccccc12. The fourth-order valence-electron chi connectivity index (χ4n) is 3.25. The molecule has 2 aromatic carbocycles. The summed E-state index contributed by atoms with van der Waals surface area (Å²) in [4.78, 5) is 11.6. The molecule has 0 unspecified atom stereocenters. The van der Waals surface area contributed by atoms with Gasteiger partial charge in [0.15, 0.2) is 0 Å². The molecule has 2 heterocycles. The second-order valence-electron chi connectivity index (χ2n) is 6.51. The number of anilines is 1. The first-order valence-corrected chi connectivity index (χ1v) is 9.01. The topological polar surface area (TPSA) is 83.7 Å². The van der Waals surface area contributed by atoms with Crippen LogP contribution in [0.15, 0.2) is 60.8 Å². The van der Waals surface area contributed by atoms with Gasteiger partial charge in [-0.3, -0.25) is 5.10 Å². The number of hydrogen-bond acceptors (Lipinski definition) is 5. The van der Waals surface area contributed by atoms with E-state index >= 15 is 0 Å². The molecule has 0 aliphatic carbocycles. The number of nitrogens with two attached hydrogens (primary N) is 1. The van der Waals surface area contributed by atoms with Gasteiger partial charge in [-0.2, -0.15) is 5.10 Å². The Morgan fingerprint density at radius 2 is 1.78 bits per heavy atom. The third-order valence-corrected chi connectivity index (χ3v) is 4.55. The number of para-hydroxylation sites is 1. The van der Waals surface area contributed by atoms with E-state index in [1.807, 2.05) is 49.6 Å². The first-order chi connectivity index (χ1) is 13.3. The van der Waals surface area contributed by atoms with Crippen molar-refractivity contribution >= 4 is 16.7 Å². The van der Waals surface area contributed by atoms with Gasteiger partial charge in [0.05, 0.1) is 17.4 Å². The van der Waals surface area contributed by atoms with Crippen LogP contribution < -0.4 is 10.6 Å². The summed E-state index contributed by atoms with van der Waals surface area (Å²) in [5.41, 5.74) is 9.93. The number of H-pyrrole nitrogens is 1. The second-order valence-corrected chi connectivity index (χ2v) is 6.51. The molecule has 2 aromatic heterocycles. The van der Waals surface area contributed by atoms with Gasteiger partial charge < -0.3 is 10.6 Å². The lowest BCUT2D eigenvalue weighted by molar-refractivity contribution is 0.846. The fourth-order valence-corrected chi connectivity index (χ4v) is 3.25. The Morgan fingerprint density at radius 3 is 2.59 bits per heavy atom. The van der Waals surface area contributed by atoms with Crippen LogP contribution >= 0.6 is 0 Å². The average molecular weight is 358 g/mol. The van der Waals surface area contributed by atoms with Crippen molar-refractivity contribution in [2.45, 2.75) is 13.0 Å². The van der Waals surface area contributed by atoms with Gasteiger partial charge in [0.2, 0.25) is 0 Å². The van der Waals surface area contributed by atoms with E-state index in [2.05, 4.69) is 38.3 Å². The number of aromatic amines is 1. The highest BCUT2D eigenvalue weighted by atomic mass is 15.2. The summed E-state index contributed by atoms with van der Waals surface area (Å²) >= 11 is 0. The zero-order chi connectivity index (χ0) is 18.6. The van der Waals surface area contributed by atoms with Gasteiger partial charge in [-0.25, -0.2) is 9.97 Å². The van der Waals surface area contributed by atoms with Crippen LogP contribution in [-0.4, -0.2) is 33.8 Å². The zero-order valence-electron chi connectivity index (χ0n) is 15.3. The molecule has 0 saturated heterocycles. The Labute approximate surface area is 158 Å². The standard InChI is InChI=1S/C21H22N6/c1-27(14-16-13-23-26-20(16)15-7-3-2-4-8-15)21-17-9-5-6-10-18(17)24-19(25-21)11-12-22/h2-10,13H,11-12,14,22H2,1H3,(H,23,26). The van der Waals surface area contributed by atoms with Crippen LogP contribution in [0.4, 0.5) is 5.82 Å². The Bertz CT molecular complexity index is 1040. The molecular weight excluding hydrogens is 336 g/mol. The molecule has 0 fully saturated rings. The van der Waals surface area contributed by atoms with Crippen molar-refractivity contribution in [3.05, 3.63) is 72.2 Å². The highest BCUT2D eigenvalue weighted by molar-refractivity contribution is 5.89. The predicted octanol–water partition coefficient (Wildman–Crippen LogP) is 3.16. The van der Waals surface area contributed by atoms with Crippen molar-refractivity contribution in [1.29, 1.82) is 0 Å². The smallest absolute Gasteiger partial charge is 0.140 e. The van der Waals surface area contributed by atoms with Crippen LogP contribution in [0.1, 0.15) is 11.4 Å². The minimum atomic E-state index is 0.529. The summed E-state index contributed by atoms with van der Waals surface area (Å²) in [6.07, 6.45) is 2.54. The van der Waals surface area contributed by atoms with Crippen LogP contribution in [-0.2, 0) is 13.0 Å². The number of nitrogens with zero attached hydrogens (tertiary/aromatic N) is 4. The quantitative estimate of drug-likeness (QED) is 0.553. The molecule has 0 aliphatic rings. The summed E-state index contributed by atoms with van der Waals surface area (Å²) in [7, 11) is 2.04. The molecule has 6 nitrogen and oxygen atoms in total. The minimum absolute atomic E-state index is 0.529. The maximum atomic E-state index is 5.72. The van der Waals surface area contributed by atoms with Crippen molar-refractivity contribution in [2.24, 2.45) is 5.73 Å². The van der Waals surface area contributed by atoms with Crippen LogP contribution in [0.5, 0.6) is 0 Å². The van der Waals surface area contributed by atoms with Gasteiger partial charge in [-0.05, 0) is 24.2 Å². The Balaban J connectivity index is 1.70. The van der Waals surface area contributed by atoms with Gasteiger partial charge in [-0.1, -0.05) is 42.5 Å². The lowest BCUT2D eigenvalue weighted by Gasteiger charge is -2.20. The molecule has 3 N–H and O–H groups in total. The lowest BCUT2D eigenvalue weighted by atomic mass is 10.1. The molecule has 136 valence electrons. The van der Waals surface area contributed by atoms with Gasteiger partial charge >= 0.3 is 0 Å². The molecule has 0 atom stereocenters. The van der Waals surface area contributed by atoms with Gasteiger partial charge in [0.25, 0.3) is 0 Å². The first kappa shape index (κ1) is 17.2. The van der Waals surface area contributed by atoms with Gasteiger partial charge in [0, 0.05) is 31.0 Å². The third-order valence-electron chi connectivity index (χ3n) is 4.55. The Hall–Kier alpha value is -3.25. The maximum absolute atomic E-state index is 5.72. The third kappa shape index (κ3) is 3.52. The largest absolute Gasteiger partial charge is 0.355 e. The normalized spacial score (nSPS) is 11.0. The van der Waals surface area contributed by atoms with Crippen LogP contribution in [0, 0.1) is 0 Å². The molecule has 0 amide bonds. The first-order valence-electron chi connectivity index (χ1n) is 9.01. The Morgan fingerprint density at radius 1 is 1.00 bits per heavy atom. The second kappa shape index (κ2) is 7.55. The lowest BCUT2D eigenvalue weighted by Crippen LogP contribution is -2.20. The van der Waals surface area contributed by atoms with Crippen LogP contribution in [0.25, 0.3) is 22.2 Å². The molecule has 0 radical (unpaired) electrons. The predicted molar refractivity (Wildman–Crippen MR) is 108 cm³/mol. The summed E-state index contributed by atoms with van der Waals surface area (Å²) < 4.78 is 0. The van der Waals surface area contributed by atoms with Crippen molar-refractivity contribution < 1.29 is 0 Å². The van der Waals surface area contributed by atoms with Crippen molar-refractivity contribution in [1.82, 2.24) is 20.2 Å². The van der Waals surface area contributed by atoms with E-state index in [0.29, 0.717) is 19.5 Å². The summed E-state index contributed by atoms with van der Waals surface area (Å²) in [5.74, 6) is 1.68. The van der Waals surface area contributed by atoms with Gasteiger partial charge in [0.1, 0.15) is 11.6 Å². The molecule has 0 aliphatic heterocycles. The zero-order valence-corrected chi connectivity index (χ0v) is 15.3. The highest BCUT2D eigenvalue weighted by Gasteiger charge is 2.15. The number of aromatic nitrogens is 4.